The number of ether oxygens (including phenoxy) is 1. The summed E-state index contributed by atoms with van der Waals surface area (Å²) < 4.78 is 18.3. The molecule has 0 saturated heterocycles. The highest BCUT2D eigenvalue weighted by Gasteiger charge is 2.13. The van der Waals surface area contributed by atoms with E-state index in [0.717, 1.165) is 11.1 Å². The normalized spacial score (nSPS) is 12.0. The Morgan fingerprint density at radius 2 is 1.95 bits per heavy atom. The van der Waals surface area contributed by atoms with E-state index in [1.165, 1.54) is 19.2 Å². The Bertz CT molecular complexity index is 613. The maximum Gasteiger partial charge on any atom is 0.144 e. The average molecular weight is 275 g/mol. The fraction of sp³-hybridized carbons (Fsp3) is 0.250. The molecular formula is C16H18FNO2. The quantitative estimate of drug-likeness (QED) is 0.885. The Hall–Kier alpha value is -2.23. The second kappa shape index (κ2) is 5.82. The summed E-state index contributed by atoms with van der Waals surface area (Å²) in [6.07, 6.45) is 0. The van der Waals surface area contributed by atoms with Crippen LogP contribution in [0.4, 0.5) is 10.1 Å². The highest BCUT2D eigenvalue weighted by molar-refractivity contribution is 5.58. The number of halogens is 1. The van der Waals surface area contributed by atoms with Gasteiger partial charge in [0.1, 0.15) is 17.3 Å². The van der Waals surface area contributed by atoms with Crippen molar-refractivity contribution < 1.29 is 14.2 Å². The third-order valence-electron chi connectivity index (χ3n) is 3.19. The van der Waals surface area contributed by atoms with E-state index in [0.29, 0.717) is 11.4 Å². The highest BCUT2D eigenvalue weighted by Crippen LogP contribution is 2.32. The molecule has 0 heterocycles. The number of anilines is 1. The molecule has 3 nitrogen and oxygen atoms in total. The molecular weight excluding hydrogens is 257 g/mol. The van der Waals surface area contributed by atoms with Gasteiger partial charge in [-0.25, -0.2) is 4.39 Å². The molecule has 2 aromatic rings. The van der Waals surface area contributed by atoms with Crippen molar-refractivity contribution in [1.29, 1.82) is 0 Å². The van der Waals surface area contributed by atoms with Gasteiger partial charge in [0.2, 0.25) is 0 Å². The van der Waals surface area contributed by atoms with E-state index in [-0.39, 0.29) is 17.6 Å². The maximum absolute atomic E-state index is 13.2. The van der Waals surface area contributed by atoms with E-state index in [1.807, 2.05) is 26.0 Å². The van der Waals surface area contributed by atoms with Crippen molar-refractivity contribution >= 4 is 5.69 Å². The van der Waals surface area contributed by atoms with E-state index < -0.39 is 0 Å². The van der Waals surface area contributed by atoms with E-state index in [9.17, 15) is 9.50 Å². The monoisotopic (exact) mass is 275 g/mol. The molecule has 2 rings (SSSR count). The fourth-order valence-corrected chi connectivity index (χ4v) is 2.12. The van der Waals surface area contributed by atoms with Gasteiger partial charge in [0, 0.05) is 11.6 Å². The van der Waals surface area contributed by atoms with Crippen LogP contribution in [0.1, 0.15) is 24.1 Å². The third kappa shape index (κ3) is 3.02. The first-order chi connectivity index (χ1) is 9.51. The van der Waals surface area contributed by atoms with Gasteiger partial charge in [0.05, 0.1) is 18.8 Å². The number of nitrogens with one attached hydrogen (secondary N) is 1. The lowest BCUT2D eigenvalue weighted by molar-refractivity contribution is 0.412. The largest absolute Gasteiger partial charge is 0.508 e. The molecule has 0 aromatic heterocycles. The lowest BCUT2D eigenvalue weighted by Gasteiger charge is -2.19. The second-order valence-electron chi connectivity index (χ2n) is 4.77. The van der Waals surface area contributed by atoms with E-state index >= 15 is 0 Å². The number of phenolic OH excluding ortho intramolecular Hbond substituents is 1. The Labute approximate surface area is 118 Å². The van der Waals surface area contributed by atoms with Crippen molar-refractivity contribution in [2.24, 2.45) is 0 Å². The van der Waals surface area contributed by atoms with Gasteiger partial charge in [0.15, 0.2) is 0 Å². The van der Waals surface area contributed by atoms with Crippen molar-refractivity contribution in [3.05, 3.63) is 53.3 Å². The summed E-state index contributed by atoms with van der Waals surface area (Å²) in [7, 11) is 1.49. The molecule has 0 amide bonds. The molecule has 0 spiro atoms. The minimum atomic E-state index is -0.349. The molecule has 4 heteroatoms. The zero-order valence-electron chi connectivity index (χ0n) is 11.8. The van der Waals surface area contributed by atoms with Crippen LogP contribution in [-0.4, -0.2) is 12.2 Å². The number of hydrogen-bond acceptors (Lipinski definition) is 3. The lowest BCUT2D eigenvalue weighted by Crippen LogP contribution is -2.08. The summed E-state index contributed by atoms with van der Waals surface area (Å²) in [4.78, 5) is 0. The van der Waals surface area contributed by atoms with Gasteiger partial charge in [-0.3, -0.25) is 0 Å². The van der Waals surface area contributed by atoms with Crippen molar-refractivity contribution in [2.45, 2.75) is 19.9 Å². The number of aromatic hydroxyl groups is 1. The van der Waals surface area contributed by atoms with Crippen LogP contribution in [0.25, 0.3) is 0 Å². The summed E-state index contributed by atoms with van der Waals surface area (Å²) >= 11 is 0. The predicted molar refractivity (Wildman–Crippen MR) is 77.8 cm³/mol. The molecule has 0 aliphatic rings. The van der Waals surface area contributed by atoms with Crippen LogP contribution in [0.2, 0.25) is 0 Å². The van der Waals surface area contributed by atoms with Crippen LogP contribution >= 0.6 is 0 Å². The molecule has 0 fully saturated rings. The van der Waals surface area contributed by atoms with Crippen molar-refractivity contribution in [2.75, 3.05) is 12.4 Å². The number of methoxy groups -OCH3 is 1. The van der Waals surface area contributed by atoms with Crippen molar-refractivity contribution in [1.82, 2.24) is 0 Å². The summed E-state index contributed by atoms with van der Waals surface area (Å²) in [5, 5.41) is 13.1. The fourth-order valence-electron chi connectivity index (χ4n) is 2.12. The molecule has 0 aliphatic heterocycles. The Kier molecular flexibility index (Phi) is 4.13. The SMILES string of the molecule is COc1cc(F)ccc1NC(C)c1cc(C)ccc1O. The Morgan fingerprint density at radius 1 is 1.20 bits per heavy atom. The van der Waals surface area contributed by atoms with E-state index in [4.69, 9.17) is 4.74 Å². The van der Waals surface area contributed by atoms with Crippen LogP contribution in [0.5, 0.6) is 11.5 Å². The summed E-state index contributed by atoms with van der Waals surface area (Å²) in [5.41, 5.74) is 2.54. The molecule has 20 heavy (non-hydrogen) atoms. The predicted octanol–water partition coefficient (Wildman–Crippen LogP) is 4.02. The van der Waals surface area contributed by atoms with Crippen LogP contribution in [0.15, 0.2) is 36.4 Å². The van der Waals surface area contributed by atoms with Gasteiger partial charge >= 0.3 is 0 Å². The van der Waals surface area contributed by atoms with Crippen LogP contribution < -0.4 is 10.1 Å². The van der Waals surface area contributed by atoms with Gasteiger partial charge < -0.3 is 15.2 Å². The molecule has 1 unspecified atom stereocenters. The first-order valence-electron chi connectivity index (χ1n) is 6.41. The molecule has 0 bridgehead atoms. The molecule has 0 aliphatic carbocycles. The molecule has 106 valence electrons. The number of benzene rings is 2. The lowest BCUT2D eigenvalue weighted by atomic mass is 10.0. The van der Waals surface area contributed by atoms with Gasteiger partial charge in [-0.05, 0) is 32.0 Å². The Morgan fingerprint density at radius 3 is 2.65 bits per heavy atom. The second-order valence-corrected chi connectivity index (χ2v) is 4.77. The summed E-state index contributed by atoms with van der Waals surface area (Å²) in [6, 6.07) is 9.63. The van der Waals surface area contributed by atoms with E-state index in [2.05, 4.69) is 5.32 Å². The standard InChI is InChI=1S/C16H18FNO2/c1-10-4-7-15(19)13(8-10)11(2)18-14-6-5-12(17)9-16(14)20-3/h4-9,11,18-19H,1-3H3. The van der Waals surface area contributed by atoms with Crippen molar-refractivity contribution in [3.63, 3.8) is 0 Å². The minimum Gasteiger partial charge on any atom is -0.508 e. The number of hydrogen-bond donors (Lipinski definition) is 2. The number of rotatable bonds is 4. The first-order valence-corrected chi connectivity index (χ1v) is 6.41. The molecule has 2 N–H and O–H groups in total. The van der Waals surface area contributed by atoms with E-state index in [1.54, 1.807) is 12.1 Å². The van der Waals surface area contributed by atoms with Crippen molar-refractivity contribution in [3.8, 4) is 11.5 Å². The highest BCUT2D eigenvalue weighted by atomic mass is 19.1. The molecule has 0 radical (unpaired) electrons. The third-order valence-corrected chi connectivity index (χ3v) is 3.19. The molecule has 0 saturated carbocycles. The number of aryl methyl sites for hydroxylation is 1. The topological polar surface area (TPSA) is 41.5 Å². The minimum absolute atomic E-state index is 0.130. The smallest absolute Gasteiger partial charge is 0.144 e. The summed E-state index contributed by atoms with van der Waals surface area (Å²) in [5.74, 6) is 0.319. The van der Waals surface area contributed by atoms with Crippen LogP contribution in [-0.2, 0) is 0 Å². The van der Waals surface area contributed by atoms with Gasteiger partial charge in [-0.2, -0.15) is 0 Å². The van der Waals surface area contributed by atoms with Gasteiger partial charge in [-0.1, -0.05) is 17.7 Å². The Balaban J connectivity index is 2.27. The summed E-state index contributed by atoms with van der Waals surface area (Å²) in [6.45, 7) is 3.89. The zero-order chi connectivity index (χ0) is 14.7. The van der Waals surface area contributed by atoms with Gasteiger partial charge in [0.25, 0.3) is 0 Å². The number of phenols is 1. The van der Waals surface area contributed by atoms with Gasteiger partial charge in [-0.15, -0.1) is 0 Å². The molecule has 2 aromatic carbocycles. The average Bonchev–Trinajstić information content (AvgIpc) is 2.43. The van der Waals surface area contributed by atoms with Crippen LogP contribution in [0, 0.1) is 12.7 Å². The maximum atomic E-state index is 13.2. The molecule has 1 atom stereocenters. The zero-order valence-corrected chi connectivity index (χ0v) is 11.8. The van der Waals surface area contributed by atoms with Crippen LogP contribution in [0.3, 0.4) is 0 Å². The first kappa shape index (κ1) is 14.2.